The fourth-order valence-corrected chi connectivity index (χ4v) is 5.30. The zero-order valence-corrected chi connectivity index (χ0v) is 18.7. The van der Waals surface area contributed by atoms with Crippen LogP contribution < -0.4 is 10.6 Å². The minimum atomic E-state index is -0.981. The molecule has 9 heteroatoms. The van der Waals surface area contributed by atoms with E-state index >= 15 is 0 Å². The first kappa shape index (κ1) is 23.2. The number of aryl methyl sites for hydroxylation is 1. The number of hydrogen-bond donors (Lipinski definition) is 4. The Morgan fingerprint density at radius 3 is 2.62 bits per heavy atom. The molecule has 3 heterocycles. The molecule has 1 atom stereocenters. The van der Waals surface area contributed by atoms with E-state index in [1.165, 1.54) is 11.3 Å². The van der Waals surface area contributed by atoms with Crippen molar-refractivity contribution >= 4 is 39.9 Å². The lowest BCUT2D eigenvalue weighted by molar-refractivity contribution is -0.131. The molecule has 4 N–H and O–H groups in total. The van der Waals surface area contributed by atoms with Crippen molar-refractivity contribution in [3.8, 4) is 0 Å². The number of rotatable bonds is 5. The van der Waals surface area contributed by atoms with Gasteiger partial charge in [0.2, 0.25) is 0 Å². The number of thiophene rings is 1. The van der Waals surface area contributed by atoms with Crippen LogP contribution in [0.1, 0.15) is 48.3 Å². The van der Waals surface area contributed by atoms with Crippen molar-refractivity contribution in [2.75, 3.05) is 25.5 Å². The lowest BCUT2D eigenvalue weighted by atomic mass is 9.98. The van der Waals surface area contributed by atoms with Crippen molar-refractivity contribution in [1.82, 2.24) is 10.2 Å². The average molecular weight is 456 g/mol. The molecule has 2 aliphatic heterocycles. The van der Waals surface area contributed by atoms with Gasteiger partial charge in [-0.2, -0.15) is 0 Å². The summed E-state index contributed by atoms with van der Waals surface area (Å²) < 4.78 is 0. The first-order chi connectivity index (χ1) is 15.2. The highest BCUT2D eigenvalue weighted by molar-refractivity contribution is 7.16. The van der Waals surface area contributed by atoms with Crippen molar-refractivity contribution < 1.29 is 24.6 Å². The Balaban J connectivity index is 0.000000523. The van der Waals surface area contributed by atoms with Crippen molar-refractivity contribution in [3.63, 3.8) is 0 Å². The molecule has 1 unspecified atom stereocenters. The van der Waals surface area contributed by atoms with E-state index in [4.69, 9.17) is 5.11 Å². The van der Waals surface area contributed by atoms with Gasteiger partial charge in [0.15, 0.2) is 0 Å². The number of carbonyl (C=O) groups excluding carboxylic acids is 1. The number of carboxylic acids is 2. The summed E-state index contributed by atoms with van der Waals surface area (Å²) in [4.78, 5) is 36.6. The molecule has 0 radical (unpaired) electrons. The molecule has 2 aliphatic rings. The molecule has 8 nitrogen and oxygen atoms in total. The minimum absolute atomic E-state index is 0.0449. The quantitative estimate of drug-likeness (QED) is 0.511. The summed E-state index contributed by atoms with van der Waals surface area (Å²) >= 11 is 1.45. The molecule has 1 aromatic carbocycles. The largest absolute Gasteiger partial charge is 0.478 e. The summed E-state index contributed by atoms with van der Waals surface area (Å²) in [7, 11) is 1.73. The number of amides is 1. The number of carboxylic acid groups (broad SMARTS) is 2. The van der Waals surface area contributed by atoms with Crippen molar-refractivity contribution in [3.05, 3.63) is 70.1 Å². The Morgan fingerprint density at radius 2 is 2.06 bits per heavy atom. The smallest absolute Gasteiger partial charge is 0.338 e. The Labute approximate surface area is 189 Å². The van der Waals surface area contributed by atoms with Crippen LogP contribution in [0.3, 0.4) is 0 Å². The number of carbonyl (C=O) groups is 3. The van der Waals surface area contributed by atoms with E-state index in [1.54, 1.807) is 11.9 Å². The van der Waals surface area contributed by atoms with Crippen LogP contribution in [-0.4, -0.2) is 53.1 Å². The molecule has 1 aromatic heterocycles. The molecule has 0 saturated carbocycles. The van der Waals surface area contributed by atoms with Gasteiger partial charge in [0, 0.05) is 41.4 Å². The van der Waals surface area contributed by atoms with Gasteiger partial charge >= 0.3 is 11.9 Å². The molecule has 0 spiro atoms. The molecule has 4 rings (SSSR count). The Morgan fingerprint density at radius 1 is 1.38 bits per heavy atom. The molecule has 2 aromatic rings. The molecular weight excluding hydrogens is 430 g/mol. The molecule has 32 heavy (non-hydrogen) atoms. The van der Waals surface area contributed by atoms with Gasteiger partial charge in [-0.05, 0) is 37.1 Å². The van der Waals surface area contributed by atoms with Crippen LogP contribution >= 0.6 is 11.3 Å². The molecule has 0 fully saturated rings. The predicted octanol–water partition coefficient (Wildman–Crippen LogP) is 3.37. The predicted molar refractivity (Wildman–Crippen MR) is 124 cm³/mol. The summed E-state index contributed by atoms with van der Waals surface area (Å²) in [6.07, 6.45) is 1.50. The van der Waals surface area contributed by atoms with E-state index in [0.717, 1.165) is 27.6 Å². The van der Waals surface area contributed by atoms with E-state index in [1.807, 2.05) is 25.1 Å². The topological polar surface area (TPSA) is 119 Å². The van der Waals surface area contributed by atoms with E-state index < -0.39 is 11.9 Å². The number of hydrogen-bond acceptors (Lipinski definition) is 6. The fourth-order valence-electron chi connectivity index (χ4n) is 4.03. The lowest BCUT2D eigenvalue weighted by Gasteiger charge is -2.29. The maximum absolute atomic E-state index is 12.9. The van der Waals surface area contributed by atoms with Gasteiger partial charge < -0.3 is 25.7 Å². The van der Waals surface area contributed by atoms with Gasteiger partial charge in [-0.25, -0.2) is 9.59 Å². The normalized spacial score (nSPS) is 16.6. The third-order valence-corrected chi connectivity index (χ3v) is 6.83. The standard InChI is InChI=1S/C20H21N3O3S.C3H4O2/c1-10-5-4-6-13-15(10)11(2)23(19(13)24)9-14-17-12(7-8-22-14)16(20(25)26)18(21-3)27-17;1-2-3(4)5/h4-6,14,21-22H,2,7-9H2,1,3H3,(H,25,26);2H,1H2,(H,4,5). The highest BCUT2D eigenvalue weighted by atomic mass is 32.1. The van der Waals surface area contributed by atoms with E-state index in [0.29, 0.717) is 41.3 Å². The van der Waals surface area contributed by atoms with E-state index in [9.17, 15) is 19.5 Å². The number of aromatic carboxylic acids is 1. The van der Waals surface area contributed by atoms with Crippen molar-refractivity contribution in [2.45, 2.75) is 19.4 Å². The van der Waals surface area contributed by atoms with Crippen LogP contribution in [0, 0.1) is 6.92 Å². The van der Waals surface area contributed by atoms with Crippen LogP contribution in [0.4, 0.5) is 5.00 Å². The number of fused-ring (bicyclic) bond motifs is 2. The van der Waals surface area contributed by atoms with Gasteiger partial charge in [-0.1, -0.05) is 25.3 Å². The minimum Gasteiger partial charge on any atom is -0.478 e. The molecule has 0 saturated heterocycles. The second-order valence-corrected chi connectivity index (χ2v) is 8.42. The molecule has 0 bridgehead atoms. The number of nitrogens with zero attached hydrogens (tertiary/aromatic N) is 1. The maximum atomic E-state index is 12.9. The van der Waals surface area contributed by atoms with Gasteiger partial charge in [-0.15, -0.1) is 11.3 Å². The van der Waals surface area contributed by atoms with Crippen LogP contribution in [0.2, 0.25) is 0 Å². The number of nitrogens with one attached hydrogen (secondary N) is 2. The van der Waals surface area contributed by atoms with Crippen LogP contribution in [0.5, 0.6) is 0 Å². The van der Waals surface area contributed by atoms with Gasteiger partial charge in [0.25, 0.3) is 5.91 Å². The Hall–Kier alpha value is -3.43. The lowest BCUT2D eigenvalue weighted by Crippen LogP contribution is -2.38. The Kier molecular flexibility index (Phi) is 6.81. The summed E-state index contributed by atoms with van der Waals surface area (Å²) in [5.74, 6) is -1.94. The van der Waals surface area contributed by atoms with Crippen molar-refractivity contribution in [2.24, 2.45) is 0 Å². The highest BCUT2D eigenvalue weighted by Gasteiger charge is 2.36. The molecule has 168 valence electrons. The molecular formula is C23H25N3O5S. The SMILES string of the molecule is C=C1c2c(C)cccc2C(=O)N1CC1NCCc2c1sc(NC)c2C(=O)O.C=CC(=O)O. The van der Waals surface area contributed by atoms with Crippen LogP contribution in [0.15, 0.2) is 37.4 Å². The zero-order chi connectivity index (χ0) is 23.6. The van der Waals surface area contributed by atoms with E-state index in [2.05, 4.69) is 23.8 Å². The number of anilines is 1. The summed E-state index contributed by atoms with van der Waals surface area (Å²) in [5.41, 5.74) is 4.57. The Bertz CT molecular complexity index is 1120. The zero-order valence-electron chi connectivity index (χ0n) is 17.9. The highest BCUT2D eigenvalue weighted by Crippen LogP contribution is 2.41. The second-order valence-electron chi connectivity index (χ2n) is 7.36. The number of benzene rings is 1. The average Bonchev–Trinajstić information content (AvgIpc) is 3.26. The summed E-state index contributed by atoms with van der Waals surface area (Å²) in [6, 6.07) is 5.59. The third kappa shape index (κ3) is 4.17. The summed E-state index contributed by atoms with van der Waals surface area (Å²) in [5, 5.41) is 24.3. The fraction of sp³-hybridized carbons (Fsp3) is 0.261. The summed E-state index contributed by atoms with van der Waals surface area (Å²) in [6.45, 7) is 10.2. The van der Waals surface area contributed by atoms with Crippen LogP contribution in [0.25, 0.3) is 5.70 Å². The number of aliphatic carboxylic acids is 1. The first-order valence-corrected chi connectivity index (χ1v) is 10.8. The van der Waals surface area contributed by atoms with Gasteiger partial charge in [-0.3, -0.25) is 4.79 Å². The molecule has 1 amide bonds. The van der Waals surface area contributed by atoms with Gasteiger partial charge in [0.1, 0.15) is 5.00 Å². The van der Waals surface area contributed by atoms with Gasteiger partial charge in [0.05, 0.1) is 11.6 Å². The van der Waals surface area contributed by atoms with E-state index in [-0.39, 0.29) is 11.9 Å². The first-order valence-electron chi connectivity index (χ1n) is 9.97. The van der Waals surface area contributed by atoms with Crippen LogP contribution in [-0.2, 0) is 11.2 Å². The maximum Gasteiger partial charge on any atom is 0.338 e. The molecule has 0 aliphatic carbocycles. The van der Waals surface area contributed by atoms with Crippen molar-refractivity contribution in [1.29, 1.82) is 0 Å². The third-order valence-electron chi connectivity index (χ3n) is 5.46. The second kappa shape index (κ2) is 9.37. The monoisotopic (exact) mass is 455 g/mol.